The second kappa shape index (κ2) is 10.2. The quantitative estimate of drug-likeness (QED) is 0.534. The highest BCUT2D eigenvalue weighted by Crippen LogP contribution is 2.44. The van der Waals surface area contributed by atoms with E-state index < -0.39 is 29.4 Å². The van der Waals surface area contributed by atoms with E-state index in [2.05, 4.69) is 10.6 Å². The molecule has 0 bridgehead atoms. The van der Waals surface area contributed by atoms with Crippen LogP contribution in [-0.4, -0.2) is 66.2 Å². The van der Waals surface area contributed by atoms with E-state index >= 15 is 0 Å². The molecule has 2 aliphatic carbocycles. The van der Waals surface area contributed by atoms with Gasteiger partial charge >= 0.3 is 12.1 Å². The number of ether oxygens (including phenoxy) is 1. The summed E-state index contributed by atoms with van der Waals surface area (Å²) < 4.78 is 5.39. The molecule has 2 aromatic rings. The van der Waals surface area contributed by atoms with Crippen molar-refractivity contribution >= 4 is 23.9 Å². The molecule has 0 aliphatic heterocycles. The van der Waals surface area contributed by atoms with Crippen LogP contribution in [0, 0.1) is 0 Å². The number of nitrogens with zero attached hydrogens (tertiary/aromatic N) is 1. The Morgan fingerprint density at radius 2 is 1.51 bits per heavy atom. The Morgan fingerprint density at radius 3 is 2.09 bits per heavy atom. The Labute approximate surface area is 203 Å². The van der Waals surface area contributed by atoms with Gasteiger partial charge in [0.25, 0.3) is 0 Å². The smallest absolute Gasteiger partial charge is 0.407 e. The van der Waals surface area contributed by atoms with Crippen LogP contribution in [0.5, 0.6) is 0 Å². The third-order valence-corrected chi connectivity index (χ3v) is 7.02. The van der Waals surface area contributed by atoms with Gasteiger partial charge in [-0.3, -0.25) is 9.59 Å². The maximum absolute atomic E-state index is 12.5. The summed E-state index contributed by atoms with van der Waals surface area (Å²) in [5, 5.41) is 14.4. The number of nitrogens with one attached hydrogen (secondary N) is 2. The number of carbonyl (C=O) groups excluding carboxylic acids is 3. The molecule has 0 radical (unpaired) electrons. The largest absolute Gasteiger partial charge is 0.479 e. The fourth-order valence-electron chi connectivity index (χ4n) is 5.05. The van der Waals surface area contributed by atoms with Gasteiger partial charge < -0.3 is 25.4 Å². The minimum Gasteiger partial charge on any atom is -0.479 e. The third-order valence-electron chi connectivity index (χ3n) is 7.02. The zero-order valence-electron chi connectivity index (χ0n) is 19.6. The van der Waals surface area contributed by atoms with Crippen molar-refractivity contribution in [3.63, 3.8) is 0 Å². The highest BCUT2D eigenvalue weighted by Gasteiger charge is 2.46. The summed E-state index contributed by atoms with van der Waals surface area (Å²) in [6, 6.07) is 16.0. The molecule has 9 heteroatoms. The van der Waals surface area contributed by atoms with E-state index in [9.17, 15) is 24.3 Å². The Hall–Kier alpha value is -3.88. The Kier molecular flexibility index (Phi) is 7.04. The third kappa shape index (κ3) is 4.84. The first kappa shape index (κ1) is 24.3. The van der Waals surface area contributed by atoms with Crippen molar-refractivity contribution < 1.29 is 29.0 Å². The summed E-state index contributed by atoms with van der Waals surface area (Å²) in [7, 11) is 1.45. The first-order valence-corrected chi connectivity index (χ1v) is 11.7. The SMILES string of the molecule is CN(C(=O)CNC(=O)CNC(=O)OCC1c2ccccc2-c2ccccc21)C1(C(=O)O)CCCC1. The zero-order chi connectivity index (χ0) is 25.0. The van der Waals surface area contributed by atoms with Crippen molar-refractivity contribution in [2.24, 2.45) is 0 Å². The maximum atomic E-state index is 12.5. The highest BCUT2D eigenvalue weighted by molar-refractivity contribution is 5.91. The molecule has 0 saturated heterocycles. The number of hydrogen-bond acceptors (Lipinski definition) is 5. The van der Waals surface area contributed by atoms with Gasteiger partial charge in [-0.1, -0.05) is 61.4 Å². The number of carbonyl (C=O) groups is 4. The van der Waals surface area contributed by atoms with Gasteiger partial charge in [-0.15, -0.1) is 0 Å². The number of amides is 3. The molecule has 1 saturated carbocycles. The molecule has 3 N–H and O–H groups in total. The maximum Gasteiger partial charge on any atom is 0.407 e. The number of aliphatic carboxylic acids is 1. The lowest BCUT2D eigenvalue weighted by molar-refractivity contribution is -0.157. The van der Waals surface area contributed by atoms with Gasteiger partial charge in [-0.2, -0.15) is 0 Å². The molecule has 0 heterocycles. The van der Waals surface area contributed by atoms with Crippen molar-refractivity contribution in [3.05, 3.63) is 59.7 Å². The molecule has 1 fully saturated rings. The normalized spacial score (nSPS) is 15.6. The Bertz CT molecular complexity index is 1100. The molecule has 2 aromatic carbocycles. The standard InChI is InChI=1S/C26H29N3O6/c1-29(26(24(32)33)12-6-7-13-26)23(31)15-27-22(30)14-28-25(34)35-16-21-19-10-4-2-8-17(19)18-9-3-5-11-20(18)21/h2-5,8-11,21H,6-7,12-16H2,1H3,(H,27,30)(H,28,34)(H,32,33). The van der Waals surface area contributed by atoms with E-state index in [1.807, 2.05) is 48.5 Å². The van der Waals surface area contributed by atoms with Crippen LogP contribution in [0.4, 0.5) is 4.79 Å². The number of likely N-dealkylation sites (N-methyl/N-ethyl adjacent to an activating group) is 1. The summed E-state index contributed by atoms with van der Waals surface area (Å²) in [6.45, 7) is -0.587. The van der Waals surface area contributed by atoms with Crippen molar-refractivity contribution in [1.82, 2.24) is 15.5 Å². The number of carboxylic acids is 1. The van der Waals surface area contributed by atoms with Gasteiger partial charge in [0.2, 0.25) is 11.8 Å². The van der Waals surface area contributed by atoms with Gasteiger partial charge in [-0.05, 0) is 35.1 Å². The first-order valence-electron chi connectivity index (χ1n) is 11.7. The molecule has 9 nitrogen and oxygen atoms in total. The summed E-state index contributed by atoms with van der Waals surface area (Å²) in [5.74, 6) is -2.19. The van der Waals surface area contributed by atoms with E-state index in [0.29, 0.717) is 12.8 Å². The zero-order valence-corrected chi connectivity index (χ0v) is 19.6. The molecular weight excluding hydrogens is 450 g/mol. The van der Waals surface area contributed by atoms with Gasteiger partial charge in [0.1, 0.15) is 18.7 Å². The molecule has 4 rings (SSSR count). The second-order valence-electron chi connectivity index (χ2n) is 8.95. The fourth-order valence-corrected chi connectivity index (χ4v) is 5.05. The van der Waals surface area contributed by atoms with Crippen LogP contribution in [0.2, 0.25) is 0 Å². The highest BCUT2D eigenvalue weighted by atomic mass is 16.5. The predicted molar refractivity (Wildman–Crippen MR) is 128 cm³/mol. The van der Waals surface area contributed by atoms with Gasteiger partial charge in [-0.25, -0.2) is 9.59 Å². The summed E-state index contributed by atoms with van der Waals surface area (Å²) in [4.78, 5) is 49.8. The van der Waals surface area contributed by atoms with Crippen LogP contribution >= 0.6 is 0 Å². The van der Waals surface area contributed by atoms with E-state index in [-0.39, 0.29) is 25.6 Å². The van der Waals surface area contributed by atoms with Crippen LogP contribution in [-0.2, 0) is 19.1 Å². The van der Waals surface area contributed by atoms with E-state index in [1.165, 1.54) is 11.9 Å². The van der Waals surface area contributed by atoms with Crippen molar-refractivity contribution in [1.29, 1.82) is 0 Å². The predicted octanol–water partition coefficient (Wildman–Crippen LogP) is 2.50. The van der Waals surface area contributed by atoms with E-state index in [4.69, 9.17) is 4.74 Å². The Balaban J connectivity index is 1.23. The average Bonchev–Trinajstić information content (AvgIpc) is 3.49. The fraction of sp³-hybridized carbons (Fsp3) is 0.385. The van der Waals surface area contributed by atoms with Crippen LogP contribution < -0.4 is 10.6 Å². The average molecular weight is 480 g/mol. The van der Waals surface area contributed by atoms with Crippen LogP contribution in [0.1, 0.15) is 42.7 Å². The van der Waals surface area contributed by atoms with E-state index in [1.54, 1.807) is 0 Å². The van der Waals surface area contributed by atoms with Crippen molar-refractivity contribution in [2.45, 2.75) is 37.1 Å². The lowest BCUT2D eigenvalue weighted by atomic mass is 9.95. The number of alkyl carbamates (subject to hydrolysis) is 1. The molecule has 0 spiro atoms. The van der Waals surface area contributed by atoms with Gasteiger partial charge in [0.05, 0.1) is 6.54 Å². The van der Waals surface area contributed by atoms with Crippen LogP contribution in [0.25, 0.3) is 11.1 Å². The van der Waals surface area contributed by atoms with Crippen LogP contribution in [0.15, 0.2) is 48.5 Å². The molecular formula is C26H29N3O6. The van der Waals surface area contributed by atoms with Crippen molar-refractivity contribution in [2.75, 3.05) is 26.7 Å². The molecule has 0 unspecified atom stereocenters. The molecule has 2 aliphatic rings. The summed E-state index contributed by atoms with van der Waals surface area (Å²) in [6.07, 6.45) is 1.52. The minimum atomic E-state index is -1.22. The number of fused-ring (bicyclic) bond motifs is 3. The Morgan fingerprint density at radius 1 is 0.943 bits per heavy atom. The summed E-state index contributed by atoms with van der Waals surface area (Å²) >= 11 is 0. The number of rotatable bonds is 8. The van der Waals surface area contributed by atoms with Gasteiger partial charge in [0.15, 0.2) is 0 Å². The minimum absolute atomic E-state index is 0.0905. The first-order chi connectivity index (χ1) is 16.8. The lowest BCUT2D eigenvalue weighted by Crippen LogP contribution is -2.55. The van der Waals surface area contributed by atoms with Crippen molar-refractivity contribution in [3.8, 4) is 11.1 Å². The molecule has 0 atom stereocenters. The molecule has 35 heavy (non-hydrogen) atoms. The second-order valence-corrected chi connectivity index (χ2v) is 8.95. The number of carboxylic acid groups (broad SMARTS) is 1. The number of benzene rings is 2. The topological polar surface area (TPSA) is 125 Å². The van der Waals surface area contributed by atoms with Crippen LogP contribution in [0.3, 0.4) is 0 Å². The molecule has 0 aromatic heterocycles. The number of hydrogen-bond donors (Lipinski definition) is 3. The molecule has 3 amide bonds. The van der Waals surface area contributed by atoms with Gasteiger partial charge in [0, 0.05) is 13.0 Å². The summed E-state index contributed by atoms with van der Waals surface area (Å²) in [5.41, 5.74) is 3.19. The lowest BCUT2D eigenvalue weighted by Gasteiger charge is -2.34. The van der Waals surface area contributed by atoms with E-state index in [0.717, 1.165) is 35.1 Å². The molecule has 184 valence electrons. The monoisotopic (exact) mass is 479 g/mol.